The fourth-order valence-corrected chi connectivity index (χ4v) is 3.35. The van der Waals surface area contributed by atoms with E-state index in [0.29, 0.717) is 0 Å². The van der Waals surface area contributed by atoms with Crippen molar-refractivity contribution >= 4 is 6.03 Å². The number of nitrogens with one attached hydrogen (secondary N) is 2. The Labute approximate surface area is 154 Å². The Bertz CT molecular complexity index is 737. The number of benzene rings is 1. The lowest BCUT2D eigenvalue weighted by Gasteiger charge is -2.30. The quantitative estimate of drug-likeness (QED) is 0.858. The lowest BCUT2D eigenvalue weighted by atomic mass is 10.0. The predicted molar refractivity (Wildman–Crippen MR) is 100 cm³/mol. The van der Waals surface area contributed by atoms with E-state index in [-0.39, 0.29) is 12.1 Å². The summed E-state index contributed by atoms with van der Waals surface area (Å²) in [5.41, 5.74) is 0.878. The van der Waals surface area contributed by atoms with Crippen LogP contribution in [0.4, 0.5) is 4.79 Å². The zero-order chi connectivity index (χ0) is 18.5. The average Bonchev–Trinajstić information content (AvgIpc) is 3.07. The lowest BCUT2D eigenvalue weighted by Crippen LogP contribution is -2.48. The summed E-state index contributed by atoms with van der Waals surface area (Å²) in [5, 5.41) is 6.19. The molecule has 0 spiro atoms. The molecule has 0 radical (unpaired) electrons. The van der Waals surface area contributed by atoms with Gasteiger partial charge in [-0.2, -0.15) is 0 Å². The second kappa shape index (κ2) is 8.23. The summed E-state index contributed by atoms with van der Waals surface area (Å²) in [7, 11) is 5.66. The Balaban J connectivity index is 1.78. The highest BCUT2D eigenvalue weighted by atomic mass is 16.5. The van der Waals surface area contributed by atoms with Crippen LogP contribution in [0.2, 0.25) is 0 Å². The number of aromatic nitrogens is 2. The van der Waals surface area contributed by atoms with Gasteiger partial charge in [-0.15, -0.1) is 0 Å². The third-order valence-corrected chi connectivity index (χ3v) is 4.90. The molecule has 26 heavy (non-hydrogen) atoms. The van der Waals surface area contributed by atoms with Crippen LogP contribution < -0.4 is 15.4 Å². The van der Waals surface area contributed by atoms with Crippen molar-refractivity contribution in [3.63, 3.8) is 0 Å². The molecule has 0 saturated carbocycles. The predicted octanol–water partition coefficient (Wildman–Crippen LogP) is 1.91. The Kier molecular flexibility index (Phi) is 5.78. The maximum absolute atomic E-state index is 12.7. The highest BCUT2D eigenvalue weighted by molar-refractivity contribution is 5.75. The molecule has 2 amide bonds. The standard InChI is InChI=1S/C19H27N5O2/c1-23-11-8-14(9-12-23)21-19(25)22-17(18-20-10-13-24(18)2)15-6-4-5-7-16(15)26-3/h4-7,10,13-14,17H,8-9,11-12H2,1-3H3,(H2,21,22,25). The molecule has 1 saturated heterocycles. The molecule has 2 heterocycles. The van der Waals surface area contributed by atoms with Gasteiger partial charge in [0.05, 0.1) is 7.11 Å². The Morgan fingerprint density at radius 2 is 2.00 bits per heavy atom. The van der Waals surface area contributed by atoms with Crippen LogP contribution in [-0.2, 0) is 7.05 Å². The fourth-order valence-electron chi connectivity index (χ4n) is 3.35. The molecule has 1 unspecified atom stereocenters. The molecule has 1 aliphatic heterocycles. The number of piperidine rings is 1. The minimum Gasteiger partial charge on any atom is -0.496 e. The first kappa shape index (κ1) is 18.3. The van der Waals surface area contributed by atoms with Gasteiger partial charge in [0, 0.05) is 31.0 Å². The van der Waals surface area contributed by atoms with Crippen molar-refractivity contribution in [3.8, 4) is 5.75 Å². The molecule has 0 bridgehead atoms. The van der Waals surface area contributed by atoms with Crippen molar-refractivity contribution in [3.05, 3.63) is 48.0 Å². The number of aryl methyl sites for hydroxylation is 1. The van der Waals surface area contributed by atoms with Crippen LogP contribution in [0.3, 0.4) is 0 Å². The van der Waals surface area contributed by atoms with Gasteiger partial charge >= 0.3 is 6.03 Å². The van der Waals surface area contributed by atoms with Gasteiger partial charge in [0.2, 0.25) is 0 Å². The molecule has 1 aromatic carbocycles. The van der Waals surface area contributed by atoms with E-state index in [2.05, 4.69) is 27.6 Å². The van der Waals surface area contributed by atoms with Crippen molar-refractivity contribution in [2.45, 2.75) is 24.9 Å². The van der Waals surface area contributed by atoms with Crippen molar-refractivity contribution in [2.75, 3.05) is 27.2 Å². The number of nitrogens with zero attached hydrogens (tertiary/aromatic N) is 3. The first-order chi connectivity index (χ1) is 12.6. The van der Waals surface area contributed by atoms with Gasteiger partial charge in [-0.25, -0.2) is 9.78 Å². The maximum Gasteiger partial charge on any atom is 0.315 e. The zero-order valence-electron chi connectivity index (χ0n) is 15.6. The molecule has 0 aliphatic carbocycles. The SMILES string of the molecule is COc1ccccc1C(NC(=O)NC1CCN(C)CC1)c1nccn1C. The number of amides is 2. The summed E-state index contributed by atoms with van der Waals surface area (Å²) in [5.74, 6) is 1.48. The number of ether oxygens (including phenoxy) is 1. The number of carbonyl (C=O) groups is 1. The van der Waals surface area contributed by atoms with E-state index in [1.807, 2.05) is 42.1 Å². The number of carbonyl (C=O) groups excluding carboxylic acids is 1. The maximum atomic E-state index is 12.7. The van der Waals surface area contributed by atoms with E-state index in [9.17, 15) is 4.79 Å². The number of likely N-dealkylation sites (tertiary alicyclic amines) is 1. The third kappa shape index (κ3) is 4.16. The number of methoxy groups -OCH3 is 1. The monoisotopic (exact) mass is 357 g/mol. The van der Waals surface area contributed by atoms with Crippen LogP contribution in [0.15, 0.2) is 36.7 Å². The zero-order valence-corrected chi connectivity index (χ0v) is 15.6. The minimum absolute atomic E-state index is 0.182. The number of hydrogen-bond acceptors (Lipinski definition) is 4. The van der Waals surface area contributed by atoms with E-state index in [0.717, 1.165) is 43.1 Å². The molecule has 7 heteroatoms. The molecule has 2 aromatic rings. The second-order valence-corrected chi connectivity index (χ2v) is 6.77. The molecule has 1 fully saturated rings. The number of hydrogen-bond donors (Lipinski definition) is 2. The molecule has 1 aromatic heterocycles. The van der Waals surface area contributed by atoms with Gasteiger partial charge in [-0.05, 0) is 39.0 Å². The molecular weight excluding hydrogens is 330 g/mol. The minimum atomic E-state index is -0.391. The van der Waals surface area contributed by atoms with Gasteiger partial charge < -0.3 is 24.8 Å². The van der Waals surface area contributed by atoms with E-state index in [1.54, 1.807) is 13.3 Å². The fraction of sp³-hybridized carbons (Fsp3) is 0.474. The number of imidazole rings is 1. The van der Waals surface area contributed by atoms with E-state index in [1.165, 1.54) is 0 Å². The van der Waals surface area contributed by atoms with Crippen molar-refractivity contribution in [1.82, 2.24) is 25.1 Å². The molecular formula is C19H27N5O2. The molecule has 140 valence electrons. The summed E-state index contributed by atoms with van der Waals surface area (Å²) in [6, 6.07) is 7.32. The summed E-state index contributed by atoms with van der Waals surface area (Å²) in [6.45, 7) is 2.00. The summed E-state index contributed by atoms with van der Waals surface area (Å²) in [6.07, 6.45) is 5.53. The Hall–Kier alpha value is -2.54. The van der Waals surface area contributed by atoms with Crippen molar-refractivity contribution < 1.29 is 9.53 Å². The number of urea groups is 1. The topological polar surface area (TPSA) is 71.4 Å². The van der Waals surface area contributed by atoms with Crippen LogP contribution in [-0.4, -0.2) is 53.8 Å². The molecule has 7 nitrogen and oxygen atoms in total. The molecule has 1 atom stereocenters. The highest BCUT2D eigenvalue weighted by Gasteiger charge is 2.25. The first-order valence-corrected chi connectivity index (χ1v) is 8.94. The van der Waals surface area contributed by atoms with Crippen molar-refractivity contribution in [2.24, 2.45) is 7.05 Å². The molecule has 3 rings (SSSR count). The summed E-state index contributed by atoms with van der Waals surface area (Å²) >= 11 is 0. The summed E-state index contributed by atoms with van der Waals surface area (Å²) < 4.78 is 7.40. The highest BCUT2D eigenvalue weighted by Crippen LogP contribution is 2.28. The largest absolute Gasteiger partial charge is 0.496 e. The van der Waals surface area contributed by atoms with E-state index in [4.69, 9.17) is 4.74 Å². The summed E-state index contributed by atoms with van der Waals surface area (Å²) in [4.78, 5) is 19.4. The van der Waals surface area contributed by atoms with Crippen LogP contribution in [0.5, 0.6) is 5.75 Å². The lowest BCUT2D eigenvalue weighted by molar-refractivity contribution is 0.212. The number of para-hydroxylation sites is 1. The smallest absolute Gasteiger partial charge is 0.315 e. The van der Waals surface area contributed by atoms with Crippen molar-refractivity contribution in [1.29, 1.82) is 0 Å². The van der Waals surface area contributed by atoms with Crippen LogP contribution in [0.25, 0.3) is 0 Å². The second-order valence-electron chi connectivity index (χ2n) is 6.77. The van der Waals surface area contributed by atoms with Gasteiger partial charge in [0.1, 0.15) is 17.6 Å². The third-order valence-electron chi connectivity index (χ3n) is 4.90. The van der Waals surface area contributed by atoms with Gasteiger partial charge in [-0.3, -0.25) is 0 Å². The van der Waals surface area contributed by atoms with Crippen LogP contribution in [0, 0.1) is 0 Å². The Morgan fingerprint density at radius 3 is 2.65 bits per heavy atom. The van der Waals surface area contributed by atoms with E-state index < -0.39 is 6.04 Å². The molecule has 1 aliphatic rings. The first-order valence-electron chi connectivity index (χ1n) is 8.94. The average molecular weight is 357 g/mol. The molecule has 2 N–H and O–H groups in total. The van der Waals surface area contributed by atoms with E-state index >= 15 is 0 Å². The van der Waals surface area contributed by atoms with Crippen LogP contribution >= 0.6 is 0 Å². The Morgan fingerprint density at radius 1 is 1.27 bits per heavy atom. The number of rotatable bonds is 5. The van der Waals surface area contributed by atoms with Gasteiger partial charge in [0.25, 0.3) is 0 Å². The normalized spacial score (nSPS) is 16.9. The van der Waals surface area contributed by atoms with Gasteiger partial charge in [0.15, 0.2) is 0 Å². The van der Waals surface area contributed by atoms with Gasteiger partial charge in [-0.1, -0.05) is 18.2 Å². The van der Waals surface area contributed by atoms with Crippen LogP contribution in [0.1, 0.15) is 30.3 Å².